The number of oxazole rings is 1. The summed E-state index contributed by atoms with van der Waals surface area (Å²) in [5, 5.41) is 9.16. The number of hydrogen-bond acceptors (Lipinski definition) is 7. The van der Waals surface area contributed by atoms with Gasteiger partial charge in [0.1, 0.15) is 0 Å². The van der Waals surface area contributed by atoms with Crippen molar-refractivity contribution >= 4 is 23.4 Å². The van der Waals surface area contributed by atoms with Crippen molar-refractivity contribution in [2.24, 2.45) is 0 Å². The van der Waals surface area contributed by atoms with Crippen molar-refractivity contribution in [2.45, 2.75) is 11.0 Å². The van der Waals surface area contributed by atoms with Gasteiger partial charge >= 0.3 is 0 Å². The predicted octanol–water partition coefficient (Wildman–Crippen LogP) is 4.73. The van der Waals surface area contributed by atoms with E-state index in [4.69, 9.17) is 20.4 Å². The van der Waals surface area contributed by atoms with Crippen molar-refractivity contribution in [2.75, 3.05) is 0 Å². The zero-order chi connectivity index (χ0) is 17.1. The first-order valence-corrected chi connectivity index (χ1v) is 8.71. The number of rotatable bonds is 5. The van der Waals surface area contributed by atoms with Gasteiger partial charge in [-0.2, -0.15) is 0 Å². The Hall–Kier alpha value is -2.64. The Labute approximate surface area is 152 Å². The molecule has 4 aromatic rings. The molecule has 8 heteroatoms. The Kier molecular flexibility index (Phi) is 4.49. The van der Waals surface area contributed by atoms with Crippen molar-refractivity contribution in [1.29, 1.82) is 0 Å². The highest BCUT2D eigenvalue weighted by molar-refractivity contribution is 7.98. The van der Waals surface area contributed by atoms with Crippen LogP contribution in [0.5, 0.6) is 0 Å². The summed E-state index contributed by atoms with van der Waals surface area (Å²) in [5.41, 5.74) is 1.71. The summed E-state index contributed by atoms with van der Waals surface area (Å²) in [6.07, 6.45) is 5.03. The molecular weight excluding hydrogens is 360 g/mol. The van der Waals surface area contributed by atoms with E-state index >= 15 is 0 Å². The molecule has 0 N–H and O–H groups in total. The van der Waals surface area contributed by atoms with Gasteiger partial charge in [-0.1, -0.05) is 35.5 Å². The van der Waals surface area contributed by atoms with Crippen LogP contribution in [-0.4, -0.2) is 20.2 Å². The fraction of sp³-hybridized carbons (Fsp3) is 0.0588. The standard InChI is InChI=1S/C17H11ClN4O2S/c18-13-3-1-2-12(8-13)14-9-20-15(23-14)10-25-17-22-21-16(24-17)11-4-6-19-7-5-11/h1-9H,10H2. The summed E-state index contributed by atoms with van der Waals surface area (Å²) in [5.74, 6) is 2.18. The average Bonchev–Trinajstić information content (AvgIpc) is 3.30. The van der Waals surface area contributed by atoms with Crippen LogP contribution >= 0.6 is 23.4 Å². The lowest BCUT2D eigenvalue weighted by atomic mass is 10.2. The van der Waals surface area contributed by atoms with Crippen LogP contribution in [0.1, 0.15) is 5.89 Å². The minimum atomic E-state index is 0.453. The zero-order valence-electron chi connectivity index (χ0n) is 12.8. The molecule has 1 aromatic carbocycles. The topological polar surface area (TPSA) is 77.8 Å². The van der Waals surface area contributed by atoms with Crippen LogP contribution in [0.25, 0.3) is 22.8 Å². The number of halogens is 1. The van der Waals surface area contributed by atoms with Crippen molar-refractivity contribution < 1.29 is 8.83 Å². The minimum Gasteiger partial charge on any atom is -0.440 e. The van der Waals surface area contributed by atoms with E-state index < -0.39 is 0 Å². The number of nitrogens with zero attached hydrogens (tertiary/aromatic N) is 4. The number of thioether (sulfide) groups is 1. The molecule has 0 aliphatic carbocycles. The predicted molar refractivity (Wildman–Crippen MR) is 94.0 cm³/mol. The van der Waals surface area contributed by atoms with Crippen molar-refractivity contribution in [3.63, 3.8) is 0 Å². The van der Waals surface area contributed by atoms with Crippen LogP contribution in [0, 0.1) is 0 Å². The number of aromatic nitrogens is 4. The lowest BCUT2D eigenvalue weighted by Gasteiger charge is -1.96. The third-order valence-corrected chi connectivity index (χ3v) is 4.35. The van der Waals surface area contributed by atoms with Gasteiger partial charge in [0.05, 0.1) is 11.9 Å². The van der Waals surface area contributed by atoms with E-state index in [-0.39, 0.29) is 0 Å². The first-order chi connectivity index (χ1) is 12.3. The molecule has 0 aliphatic rings. The van der Waals surface area contributed by atoms with E-state index in [1.165, 1.54) is 11.8 Å². The minimum absolute atomic E-state index is 0.453. The summed E-state index contributed by atoms with van der Waals surface area (Å²) < 4.78 is 11.4. The van der Waals surface area contributed by atoms with Gasteiger partial charge in [-0.05, 0) is 24.3 Å². The van der Waals surface area contributed by atoms with E-state index in [1.807, 2.05) is 36.4 Å². The maximum Gasteiger partial charge on any atom is 0.277 e. The molecule has 0 saturated carbocycles. The number of pyridine rings is 1. The Balaban J connectivity index is 1.43. The monoisotopic (exact) mass is 370 g/mol. The molecule has 0 amide bonds. The van der Waals surface area contributed by atoms with Crippen LogP contribution < -0.4 is 0 Å². The molecule has 0 unspecified atom stereocenters. The highest BCUT2D eigenvalue weighted by Gasteiger charge is 2.12. The van der Waals surface area contributed by atoms with Crippen molar-refractivity contribution in [3.05, 3.63) is 65.9 Å². The summed E-state index contributed by atoms with van der Waals surface area (Å²) in [6.45, 7) is 0. The van der Waals surface area contributed by atoms with Crippen LogP contribution in [-0.2, 0) is 5.75 Å². The Morgan fingerprint density at radius 2 is 1.88 bits per heavy atom. The third-order valence-electron chi connectivity index (χ3n) is 3.32. The van der Waals surface area contributed by atoms with Crippen LogP contribution in [0.2, 0.25) is 5.02 Å². The van der Waals surface area contributed by atoms with Crippen LogP contribution in [0.4, 0.5) is 0 Å². The molecule has 0 aliphatic heterocycles. The normalized spacial score (nSPS) is 10.9. The molecule has 3 heterocycles. The molecule has 3 aromatic heterocycles. The summed E-state index contributed by atoms with van der Waals surface area (Å²) >= 11 is 7.36. The molecule has 0 atom stereocenters. The first kappa shape index (κ1) is 15.9. The molecule has 124 valence electrons. The Morgan fingerprint density at radius 3 is 2.72 bits per heavy atom. The Bertz CT molecular complexity index is 987. The maximum absolute atomic E-state index is 6.00. The molecule has 0 radical (unpaired) electrons. The van der Waals surface area contributed by atoms with Gasteiger partial charge in [-0.25, -0.2) is 4.98 Å². The van der Waals surface area contributed by atoms with E-state index in [0.29, 0.717) is 33.5 Å². The van der Waals surface area contributed by atoms with Crippen molar-refractivity contribution in [3.8, 4) is 22.8 Å². The van der Waals surface area contributed by atoms with E-state index in [9.17, 15) is 0 Å². The molecule has 0 saturated heterocycles. The van der Waals surface area contributed by atoms with Crippen LogP contribution in [0.15, 0.2) is 69.0 Å². The van der Waals surface area contributed by atoms with Gasteiger partial charge in [0.2, 0.25) is 11.8 Å². The molecule has 0 spiro atoms. The number of hydrogen-bond donors (Lipinski definition) is 0. The van der Waals surface area contributed by atoms with Crippen molar-refractivity contribution in [1.82, 2.24) is 20.2 Å². The molecule has 0 bridgehead atoms. The second-order valence-electron chi connectivity index (χ2n) is 5.03. The van der Waals surface area contributed by atoms with Gasteiger partial charge in [-0.15, -0.1) is 10.2 Å². The molecule has 0 fully saturated rings. The van der Waals surface area contributed by atoms with Gasteiger partial charge in [0, 0.05) is 28.5 Å². The SMILES string of the molecule is Clc1cccc(-c2cnc(CSc3nnc(-c4ccncc4)o3)o2)c1. The van der Waals surface area contributed by atoms with Gasteiger partial charge < -0.3 is 8.83 Å². The smallest absolute Gasteiger partial charge is 0.277 e. The van der Waals surface area contributed by atoms with E-state index in [2.05, 4.69) is 20.2 Å². The second-order valence-corrected chi connectivity index (χ2v) is 6.39. The largest absolute Gasteiger partial charge is 0.440 e. The second kappa shape index (κ2) is 7.08. The zero-order valence-corrected chi connectivity index (χ0v) is 14.4. The molecule has 4 rings (SSSR count). The fourth-order valence-corrected chi connectivity index (χ4v) is 2.96. The highest BCUT2D eigenvalue weighted by atomic mass is 35.5. The van der Waals surface area contributed by atoms with Gasteiger partial charge in [0.25, 0.3) is 5.22 Å². The maximum atomic E-state index is 6.00. The molecule has 6 nitrogen and oxygen atoms in total. The average molecular weight is 371 g/mol. The first-order valence-electron chi connectivity index (χ1n) is 7.35. The lowest BCUT2D eigenvalue weighted by molar-refractivity contribution is 0.464. The summed E-state index contributed by atoms with van der Waals surface area (Å²) in [4.78, 5) is 8.24. The molecule has 25 heavy (non-hydrogen) atoms. The lowest BCUT2D eigenvalue weighted by Crippen LogP contribution is -1.79. The van der Waals surface area contributed by atoms with Crippen LogP contribution in [0.3, 0.4) is 0 Å². The molecular formula is C17H11ClN4O2S. The number of benzene rings is 1. The highest BCUT2D eigenvalue weighted by Crippen LogP contribution is 2.28. The summed E-state index contributed by atoms with van der Waals surface area (Å²) in [7, 11) is 0. The van der Waals surface area contributed by atoms with Gasteiger partial charge in [0.15, 0.2) is 5.76 Å². The van der Waals surface area contributed by atoms with E-state index in [1.54, 1.807) is 18.6 Å². The summed E-state index contributed by atoms with van der Waals surface area (Å²) in [6, 6.07) is 11.1. The van der Waals surface area contributed by atoms with E-state index in [0.717, 1.165) is 11.1 Å². The van der Waals surface area contributed by atoms with Gasteiger partial charge in [-0.3, -0.25) is 4.98 Å². The quantitative estimate of drug-likeness (QED) is 0.470. The fourth-order valence-electron chi connectivity index (χ4n) is 2.15. The Morgan fingerprint density at radius 1 is 1.00 bits per heavy atom. The third kappa shape index (κ3) is 3.72.